The summed E-state index contributed by atoms with van der Waals surface area (Å²) in [5.41, 5.74) is 31.0. The van der Waals surface area contributed by atoms with Gasteiger partial charge in [0.05, 0.1) is 44.5 Å². The molecule has 0 fully saturated rings. The molecule has 0 saturated carbocycles. The molecule has 0 bridgehead atoms. The SMILES string of the molecule is CC1(C)c2ccccc2-c2cc3c4ccccc4n(-c4ccc(-c5cc(-c6ccc(-n7c8ccccc8c8cc9c(cc87)C(C)(C)c7ccccc7-9)cc6)nc(-c6ccc(-n7c8ccccc8c8cc9c(cc87)C(C)(C)c7ccccc7-9)cc6)n5)cc4)c3cc21. The van der Waals surface area contributed by atoms with E-state index in [2.05, 4.69) is 316 Å². The number of benzene rings is 12. The van der Waals surface area contributed by atoms with Crippen molar-refractivity contribution in [3.8, 4) is 84.3 Å². The zero-order chi connectivity index (χ0) is 60.1. The van der Waals surface area contributed by atoms with E-state index in [1.807, 2.05) is 0 Å². The third-order valence-electron chi connectivity index (χ3n) is 21.1. The van der Waals surface area contributed by atoms with Crippen LogP contribution in [0.2, 0.25) is 0 Å². The lowest BCUT2D eigenvalue weighted by molar-refractivity contribution is 0.661. The van der Waals surface area contributed by atoms with Crippen LogP contribution in [0.4, 0.5) is 0 Å². The second-order valence-corrected chi connectivity index (χ2v) is 26.9. The number of rotatable bonds is 6. The summed E-state index contributed by atoms with van der Waals surface area (Å²) < 4.78 is 7.33. The highest BCUT2D eigenvalue weighted by Crippen LogP contribution is 2.54. The normalized spacial score (nSPS) is 14.6. The monoisotopic (exact) mass is 1150 g/mol. The lowest BCUT2D eigenvalue weighted by atomic mass is 9.82. The van der Waals surface area contributed by atoms with Crippen LogP contribution in [0.3, 0.4) is 0 Å². The quantitative estimate of drug-likeness (QED) is 0.166. The lowest BCUT2D eigenvalue weighted by Gasteiger charge is -2.21. The minimum absolute atomic E-state index is 0.124. The maximum absolute atomic E-state index is 5.49. The molecule has 3 aliphatic rings. The van der Waals surface area contributed by atoms with Crippen molar-refractivity contribution in [1.29, 1.82) is 0 Å². The second kappa shape index (κ2) is 18.1. The van der Waals surface area contributed by atoms with E-state index in [0.29, 0.717) is 5.82 Å². The molecule has 0 atom stereocenters. The molecular formula is C85H61N5. The van der Waals surface area contributed by atoms with Gasteiger partial charge in [-0.25, -0.2) is 9.97 Å². The van der Waals surface area contributed by atoms with E-state index in [1.165, 1.54) is 132 Å². The highest BCUT2D eigenvalue weighted by Gasteiger charge is 2.39. The Labute approximate surface area is 522 Å². The molecular weight excluding hydrogens is 1090 g/mol. The maximum atomic E-state index is 5.49. The molecule has 90 heavy (non-hydrogen) atoms. The predicted octanol–water partition coefficient (Wildman–Crippen LogP) is 21.7. The number of hydrogen-bond acceptors (Lipinski definition) is 2. The van der Waals surface area contributed by atoms with Gasteiger partial charge >= 0.3 is 0 Å². The largest absolute Gasteiger partial charge is 0.309 e. The van der Waals surface area contributed by atoms with Gasteiger partial charge in [-0.05, 0) is 176 Å². The van der Waals surface area contributed by atoms with Gasteiger partial charge in [0, 0.05) is 82.3 Å². The molecule has 0 unspecified atom stereocenters. The first kappa shape index (κ1) is 51.2. The van der Waals surface area contributed by atoms with Crippen LogP contribution in [0.1, 0.15) is 74.9 Å². The van der Waals surface area contributed by atoms with Crippen molar-refractivity contribution in [3.63, 3.8) is 0 Å². The molecule has 0 spiro atoms. The minimum atomic E-state index is -0.126. The number of hydrogen-bond donors (Lipinski definition) is 0. The topological polar surface area (TPSA) is 40.6 Å². The van der Waals surface area contributed by atoms with Gasteiger partial charge < -0.3 is 13.7 Å². The summed E-state index contributed by atoms with van der Waals surface area (Å²) in [5, 5.41) is 7.51. The first-order valence-electron chi connectivity index (χ1n) is 31.6. The number of para-hydroxylation sites is 3. The molecule has 0 saturated heterocycles. The van der Waals surface area contributed by atoms with Crippen LogP contribution in [0.25, 0.3) is 150 Å². The van der Waals surface area contributed by atoms with Gasteiger partial charge in [-0.15, -0.1) is 0 Å². The van der Waals surface area contributed by atoms with E-state index in [4.69, 9.17) is 9.97 Å². The fourth-order valence-electron chi connectivity index (χ4n) is 16.5. The van der Waals surface area contributed by atoms with Crippen molar-refractivity contribution in [3.05, 3.63) is 294 Å². The molecule has 4 heterocycles. The van der Waals surface area contributed by atoms with Gasteiger partial charge in [0.1, 0.15) is 0 Å². The lowest BCUT2D eigenvalue weighted by Crippen LogP contribution is -2.14. The highest BCUT2D eigenvalue weighted by atomic mass is 15.0. The molecule has 0 N–H and O–H groups in total. The average Bonchev–Trinajstić information content (AvgIpc) is 1.72. The van der Waals surface area contributed by atoms with Crippen LogP contribution in [-0.4, -0.2) is 23.7 Å². The Hall–Kier alpha value is -10.9. The van der Waals surface area contributed by atoms with Crippen molar-refractivity contribution < 1.29 is 0 Å². The van der Waals surface area contributed by atoms with E-state index in [9.17, 15) is 0 Å². The van der Waals surface area contributed by atoms with Gasteiger partial charge in [0.25, 0.3) is 0 Å². The fourth-order valence-corrected chi connectivity index (χ4v) is 16.5. The molecule has 16 aromatic rings. The van der Waals surface area contributed by atoms with Gasteiger partial charge in [0.2, 0.25) is 0 Å². The Bertz CT molecular complexity index is 5200. The smallest absolute Gasteiger partial charge is 0.160 e. The summed E-state index contributed by atoms with van der Waals surface area (Å²) in [6.07, 6.45) is 0. The third-order valence-corrected chi connectivity index (χ3v) is 21.1. The van der Waals surface area contributed by atoms with Crippen molar-refractivity contribution in [2.45, 2.75) is 57.8 Å². The number of fused-ring (bicyclic) bond motifs is 18. The molecule has 0 radical (unpaired) electrons. The summed E-state index contributed by atoms with van der Waals surface area (Å²) in [7, 11) is 0. The molecule has 3 aliphatic carbocycles. The van der Waals surface area contributed by atoms with E-state index >= 15 is 0 Å². The van der Waals surface area contributed by atoms with E-state index in [0.717, 1.165) is 45.1 Å². The molecule has 5 heteroatoms. The molecule has 5 nitrogen and oxygen atoms in total. The summed E-state index contributed by atoms with van der Waals surface area (Å²) in [6.45, 7) is 14.2. The van der Waals surface area contributed by atoms with Gasteiger partial charge in [-0.1, -0.05) is 193 Å². The zero-order valence-electron chi connectivity index (χ0n) is 51.1. The van der Waals surface area contributed by atoms with Crippen LogP contribution < -0.4 is 0 Å². The molecule has 4 aromatic heterocycles. The first-order chi connectivity index (χ1) is 43.9. The van der Waals surface area contributed by atoms with Crippen LogP contribution in [0, 0.1) is 0 Å². The van der Waals surface area contributed by atoms with Gasteiger partial charge in [0.15, 0.2) is 5.82 Å². The van der Waals surface area contributed by atoms with Crippen molar-refractivity contribution in [1.82, 2.24) is 23.7 Å². The van der Waals surface area contributed by atoms with Crippen LogP contribution in [0.15, 0.2) is 261 Å². The van der Waals surface area contributed by atoms with Gasteiger partial charge in [-0.3, -0.25) is 0 Å². The second-order valence-electron chi connectivity index (χ2n) is 26.9. The summed E-state index contributed by atoms with van der Waals surface area (Å²) in [4.78, 5) is 11.0. The molecule has 426 valence electrons. The predicted molar refractivity (Wildman–Crippen MR) is 374 cm³/mol. The Kier molecular flexibility index (Phi) is 10.3. The third kappa shape index (κ3) is 6.97. The molecule has 19 rings (SSSR count). The van der Waals surface area contributed by atoms with Crippen molar-refractivity contribution in [2.24, 2.45) is 0 Å². The van der Waals surface area contributed by atoms with Crippen LogP contribution in [-0.2, 0) is 16.2 Å². The zero-order valence-corrected chi connectivity index (χ0v) is 51.1. The van der Waals surface area contributed by atoms with Crippen LogP contribution >= 0.6 is 0 Å². The molecule has 0 amide bonds. The average molecular weight is 1150 g/mol. The standard InChI is InChI=1S/C85H61N5/c1-83(2)68-25-13-7-19-56(68)62-43-65-59-22-10-16-28-76(59)88(79(65)46-71(62)83)53-37-31-50(32-38-53)74-49-75(51-33-39-54(40-34-51)89-77-29-17-11-23-60(77)66-44-63-57-20-8-14-26-69(57)84(3,4)72(63)47-80(66)89)87-82(86-74)52-35-41-55(42-36-52)90-78-30-18-12-24-61(78)67-45-64-58-21-9-15-27-70(58)85(5,6)73(64)48-81(67)90/h7-49H,1-6H3. The molecule has 12 aromatic carbocycles. The van der Waals surface area contributed by atoms with Crippen molar-refractivity contribution in [2.75, 3.05) is 0 Å². The first-order valence-corrected chi connectivity index (χ1v) is 31.6. The summed E-state index contributed by atoms with van der Waals surface area (Å²) in [5.74, 6) is 0.668. The van der Waals surface area contributed by atoms with E-state index < -0.39 is 0 Å². The summed E-state index contributed by atoms with van der Waals surface area (Å²) in [6, 6.07) is 97.1. The molecule has 0 aliphatic heterocycles. The number of aromatic nitrogens is 5. The number of nitrogens with zero attached hydrogens (tertiary/aromatic N) is 5. The Balaban J connectivity index is 0.745. The Morgan fingerprint density at radius 2 is 0.522 bits per heavy atom. The Morgan fingerprint density at radius 1 is 0.233 bits per heavy atom. The van der Waals surface area contributed by atoms with Gasteiger partial charge in [-0.2, -0.15) is 0 Å². The maximum Gasteiger partial charge on any atom is 0.160 e. The minimum Gasteiger partial charge on any atom is -0.309 e. The highest BCUT2D eigenvalue weighted by molar-refractivity contribution is 6.14. The van der Waals surface area contributed by atoms with E-state index in [-0.39, 0.29) is 16.2 Å². The van der Waals surface area contributed by atoms with Crippen LogP contribution in [0.5, 0.6) is 0 Å². The fraction of sp³-hybridized carbons (Fsp3) is 0.106. The Morgan fingerprint density at radius 3 is 0.856 bits per heavy atom. The summed E-state index contributed by atoms with van der Waals surface area (Å²) >= 11 is 0. The van der Waals surface area contributed by atoms with E-state index in [1.54, 1.807) is 0 Å². The van der Waals surface area contributed by atoms with Crippen molar-refractivity contribution >= 4 is 65.4 Å².